The summed E-state index contributed by atoms with van der Waals surface area (Å²) in [5.41, 5.74) is 0.322. The van der Waals surface area contributed by atoms with Gasteiger partial charge in [0.1, 0.15) is 16.1 Å². The number of hydrogen-bond donors (Lipinski definition) is 1. The first kappa shape index (κ1) is 32.9. The first-order valence-electron chi connectivity index (χ1n) is 12.7. The molecule has 0 amide bonds. The van der Waals surface area contributed by atoms with Crippen molar-refractivity contribution in [2.24, 2.45) is 5.92 Å². The van der Waals surface area contributed by atoms with Gasteiger partial charge in [0.05, 0.1) is 18.4 Å². The third kappa shape index (κ3) is 9.75. The van der Waals surface area contributed by atoms with Gasteiger partial charge in [-0.2, -0.15) is 13.5 Å². The van der Waals surface area contributed by atoms with E-state index in [0.717, 1.165) is 43.9 Å². The summed E-state index contributed by atoms with van der Waals surface area (Å²) < 4.78 is 71.9. The SMILES string of the molecule is CS(=O)(=O)Nc1ncc(C(=O)OCC(=O)O[C@@H](Cc2c(Cl)c[n+]([O-])cc2Cl)c2ccc(OC(F)F)c(OCC3CC3)c2)cn1. The van der Waals surface area contributed by atoms with Crippen LogP contribution in [0.25, 0.3) is 0 Å². The molecule has 18 heteroatoms. The number of rotatable bonds is 14. The minimum atomic E-state index is -3.65. The Hall–Kier alpha value is -4.02. The number of pyridine rings is 1. The molecule has 1 aliphatic rings. The van der Waals surface area contributed by atoms with Crippen molar-refractivity contribution in [2.75, 3.05) is 24.2 Å². The van der Waals surface area contributed by atoms with Gasteiger partial charge < -0.3 is 24.2 Å². The summed E-state index contributed by atoms with van der Waals surface area (Å²) in [6, 6.07) is 3.96. The zero-order chi connectivity index (χ0) is 32.0. The van der Waals surface area contributed by atoms with E-state index in [1.165, 1.54) is 18.2 Å². The molecule has 44 heavy (non-hydrogen) atoms. The number of nitrogens with zero attached hydrogens (tertiary/aromatic N) is 3. The topological polar surface area (TPSA) is 170 Å². The van der Waals surface area contributed by atoms with E-state index >= 15 is 0 Å². The van der Waals surface area contributed by atoms with Gasteiger partial charge in [0.2, 0.25) is 16.0 Å². The van der Waals surface area contributed by atoms with Crippen LogP contribution in [-0.4, -0.2) is 56.4 Å². The second-order valence-corrected chi connectivity index (χ2v) is 12.1. The molecular weight excluding hydrogens is 653 g/mol. The van der Waals surface area contributed by atoms with Gasteiger partial charge in [-0.15, -0.1) is 0 Å². The number of ether oxygens (including phenoxy) is 4. The smallest absolute Gasteiger partial charge is 0.387 e. The van der Waals surface area contributed by atoms with E-state index in [-0.39, 0.29) is 63.1 Å². The van der Waals surface area contributed by atoms with Crippen molar-refractivity contribution in [1.29, 1.82) is 0 Å². The molecule has 236 valence electrons. The lowest BCUT2D eigenvalue weighted by Gasteiger charge is -2.21. The normalized spacial score (nSPS) is 13.7. The van der Waals surface area contributed by atoms with Gasteiger partial charge in [0.25, 0.3) is 0 Å². The summed E-state index contributed by atoms with van der Waals surface area (Å²) in [5, 5.41) is 11.7. The Morgan fingerprint density at radius 1 is 1.14 bits per heavy atom. The summed E-state index contributed by atoms with van der Waals surface area (Å²) in [7, 11) is -3.65. The summed E-state index contributed by atoms with van der Waals surface area (Å²) >= 11 is 12.5. The van der Waals surface area contributed by atoms with E-state index in [4.69, 9.17) is 37.4 Å². The highest BCUT2D eigenvalue weighted by Crippen LogP contribution is 2.37. The molecule has 0 aliphatic heterocycles. The van der Waals surface area contributed by atoms with Crippen molar-refractivity contribution in [1.82, 2.24) is 9.97 Å². The molecular formula is C26H24Cl2F2N4O9S. The maximum Gasteiger partial charge on any atom is 0.387 e. The van der Waals surface area contributed by atoms with Crippen LogP contribution in [0.5, 0.6) is 11.5 Å². The number of carbonyl (C=O) groups excluding carboxylic acids is 2. The third-order valence-corrected chi connectivity index (χ3v) is 7.14. The van der Waals surface area contributed by atoms with E-state index in [9.17, 15) is 32.0 Å². The highest BCUT2D eigenvalue weighted by molar-refractivity contribution is 7.91. The number of carbonyl (C=O) groups is 2. The highest BCUT2D eigenvalue weighted by atomic mass is 35.5. The van der Waals surface area contributed by atoms with Crippen LogP contribution < -0.4 is 18.9 Å². The van der Waals surface area contributed by atoms with Crippen molar-refractivity contribution in [3.05, 3.63) is 74.9 Å². The fraction of sp³-hybridized carbons (Fsp3) is 0.346. The van der Waals surface area contributed by atoms with Gasteiger partial charge in [0.15, 0.2) is 30.5 Å². The second-order valence-electron chi connectivity index (χ2n) is 9.56. The molecule has 13 nitrogen and oxygen atoms in total. The van der Waals surface area contributed by atoms with Crippen molar-refractivity contribution < 1.29 is 50.5 Å². The number of alkyl halides is 2. The third-order valence-electron chi connectivity index (χ3n) is 5.93. The van der Waals surface area contributed by atoms with Crippen molar-refractivity contribution in [2.45, 2.75) is 32.0 Å². The van der Waals surface area contributed by atoms with Gasteiger partial charge in [0, 0.05) is 24.4 Å². The monoisotopic (exact) mass is 676 g/mol. The second kappa shape index (κ2) is 14.2. The lowest BCUT2D eigenvalue weighted by atomic mass is 10.0. The molecule has 0 bridgehead atoms. The molecule has 1 atom stereocenters. The molecule has 4 rings (SSSR count). The van der Waals surface area contributed by atoms with E-state index in [0.29, 0.717) is 4.73 Å². The lowest BCUT2D eigenvalue weighted by Crippen LogP contribution is -2.26. The molecule has 1 saturated carbocycles. The number of halogens is 4. The first-order valence-corrected chi connectivity index (χ1v) is 15.4. The summed E-state index contributed by atoms with van der Waals surface area (Å²) in [6.45, 7) is -3.73. The molecule has 1 N–H and O–H groups in total. The van der Waals surface area contributed by atoms with Crippen LogP contribution in [0.4, 0.5) is 14.7 Å². The Balaban J connectivity index is 1.53. The van der Waals surface area contributed by atoms with Gasteiger partial charge in [-0.25, -0.2) is 28.0 Å². The van der Waals surface area contributed by atoms with Gasteiger partial charge in [-0.05, 0) is 36.5 Å². The molecule has 2 aromatic heterocycles. The van der Waals surface area contributed by atoms with Crippen LogP contribution in [0, 0.1) is 11.1 Å². The van der Waals surface area contributed by atoms with Crippen LogP contribution in [0.1, 0.15) is 40.4 Å². The van der Waals surface area contributed by atoms with Crippen LogP contribution >= 0.6 is 23.2 Å². The molecule has 1 aromatic carbocycles. The molecule has 0 radical (unpaired) electrons. The fourth-order valence-electron chi connectivity index (χ4n) is 3.71. The molecule has 0 unspecified atom stereocenters. The fourth-order valence-corrected chi connectivity index (χ4v) is 4.75. The van der Waals surface area contributed by atoms with Gasteiger partial charge in [-0.1, -0.05) is 29.3 Å². The zero-order valence-corrected chi connectivity index (χ0v) is 25.1. The van der Waals surface area contributed by atoms with Crippen LogP contribution in [0.15, 0.2) is 43.0 Å². The quantitative estimate of drug-likeness (QED) is 0.149. The summed E-state index contributed by atoms with van der Waals surface area (Å²) in [5.74, 6) is -2.28. The molecule has 1 aliphatic carbocycles. The first-order chi connectivity index (χ1) is 20.8. The van der Waals surface area contributed by atoms with E-state index in [2.05, 4.69) is 14.7 Å². The Kier molecular flexibility index (Phi) is 10.6. The Labute approximate surface area is 259 Å². The van der Waals surface area contributed by atoms with Crippen molar-refractivity contribution in [3.63, 3.8) is 0 Å². The predicted octanol–water partition coefficient (Wildman–Crippen LogP) is 3.86. The molecule has 0 spiro atoms. The average Bonchev–Trinajstić information content (AvgIpc) is 3.76. The number of esters is 2. The Morgan fingerprint density at radius 2 is 1.80 bits per heavy atom. The largest absolute Gasteiger partial charge is 0.619 e. The van der Waals surface area contributed by atoms with E-state index < -0.39 is 41.3 Å². The minimum Gasteiger partial charge on any atom is -0.619 e. The molecule has 0 saturated heterocycles. The number of sulfonamides is 1. The molecule has 1 fully saturated rings. The van der Waals surface area contributed by atoms with Crippen LogP contribution in [-0.2, 0) is 30.7 Å². The van der Waals surface area contributed by atoms with E-state index in [1.807, 2.05) is 4.72 Å². The Morgan fingerprint density at radius 3 is 2.39 bits per heavy atom. The number of aromatic nitrogens is 3. The molecule has 2 heterocycles. The zero-order valence-electron chi connectivity index (χ0n) is 22.7. The van der Waals surface area contributed by atoms with Crippen LogP contribution in [0.2, 0.25) is 10.0 Å². The van der Waals surface area contributed by atoms with E-state index in [1.54, 1.807) is 0 Å². The van der Waals surface area contributed by atoms with Crippen molar-refractivity contribution in [3.8, 4) is 11.5 Å². The maximum absolute atomic E-state index is 13.0. The highest BCUT2D eigenvalue weighted by Gasteiger charge is 2.27. The molecule has 3 aromatic rings. The summed E-state index contributed by atoms with van der Waals surface area (Å²) in [6.07, 6.45) is 5.49. The van der Waals surface area contributed by atoms with Crippen molar-refractivity contribution >= 4 is 51.1 Å². The number of anilines is 1. The number of hydrogen-bond acceptors (Lipinski definition) is 11. The number of benzene rings is 1. The Bertz CT molecular complexity index is 1610. The summed E-state index contributed by atoms with van der Waals surface area (Å²) in [4.78, 5) is 32.6. The van der Waals surface area contributed by atoms with Crippen LogP contribution in [0.3, 0.4) is 0 Å². The average molecular weight is 677 g/mol. The van der Waals surface area contributed by atoms with Gasteiger partial charge >= 0.3 is 18.6 Å². The minimum absolute atomic E-state index is 0.0151. The lowest BCUT2D eigenvalue weighted by molar-refractivity contribution is -0.605. The number of nitrogens with one attached hydrogen (secondary N) is 1. The standard InChI is InChI=1S/C26H24Cl2F2N4O9S/c1-44(38,39)33-26-31-8-16(9-32-26)24(36)41-13-23(35)42-21(7-17-18(27)10-34(37)11-19(17)28)15-4-5-20(43-25(29)30)22(6-15)40-12-14-2-3-14/h4-6,8-11,14,21,25H,2-3,7,12-13H2,1H3,(H,31,32,33)/t21-/m0/s1. The maximum atomic E-state index is 13.0. The van der Waals surface area contributed by atoms with Gasteiger partial charge in [-0.3, -0.25) is 4.72 Å². The predicted molar refractivity (Wildman–Crippen MR) is 150 cm³/mol.